The van der Waals surface area contributed by atoms with Crippen molar-refractivity contribution in [3.05, 3.63) is 47.0 Å². The Morgan fingerprint density at radius 1 is 1.00 bits per heavy atom. The molecule has 3 aliphatic carbocycles. The molecule has 0 amide bonds. The molecule has 0 N–H and O–H groups in total. The van der Waals surface area contributed by atoms with Crippen LogP contribution in [-0.2, 0) is 6.42 Å². The van der Waals surface area contributed by atoms with Crippen LogP contribution in [0.1, 0.15) is 46.5 Å². The number of allylic oxidation sites excluding steroid dienone is 2. The summed E-state index contributed by atoms with van der Waals surface area (Å²) in [7, 11) is 0. The van der Waals surface area contributed by atoms with Gasteiger partial charge in [-0.1, -0.05) is 38.1 Å². The Morgan fingerprint density at radius 2 is 1.62 bits per heavy atom. The number of carbonyl (C=O) groups excluding carboxylic acids is 2. The van der Waals surface area contributed by atoms with Gasteiger partial charge >= 0.3 is 0 Å². The van der Waals surface area contributed by atoms with Crippen molar-refractivity contribution in [3.63, 3.8) is 0 Å². The molecule has 2 nitrogen and oxygen atoms in total. The third-order valence-corrected chi connectivity index (χ3v) is 5.32. The highest BCUT2D eigenvalue weighted by atomic mass is 16.1. The average molecular weight is 280 g/mol. The first-order valence-corrected chi connectivity index (χ1v) is 7.96. The lowest BCUT2D eigenvalue weighted by molar-refractivity contribution is 0.0720. The number of rotatable bonds is 2. The lowest BCUT2D eigenvalue weighted by atomic mass is 9.69. The Morgan fingerprint density at radius 3 is 2.24 bits per heavy atom. The summed E-state index contributed by atoms with van der Waals surface area (Å²) in [5.41, 5.74) is 2.51. The van der Waals surface area contributed by atoms with Crippen LogP contribution in [0.3, 0.4) is 0 Å². The van der Waals surface area contributed by atoms with Gasteiger partial charge in [0.2, 0.25) is 0 Å². The summed E-state index contributed by atoms with van der Waals surface area (Å²) >= 11 is 0. The van der Waals surface area contributed by atoms with E-state index in [0.717, 1.165) is 12.8 Å². The number of carbonyl (C=O) groups is 2. The normalized spacial score (nSPS) is 32.7. The highest BCUT2D eigenvalue weighted by molar-refractivity contribution is 6.16. The van der Waals surface area contributed by atoms with Gasteiger partial charge in [0.15, 0.2) is 11.6 Å². The Kier molecular flexibility index (Phi) is 2.72. The average Bonchev–Trinajstić information content (AvgIpc) is 3.05. The molecule has 2 bridgehead atoms. The molecule has 0 radical (unpaired) electrons. The number of fused-ring (bicyclic) bond motifs is 6. The Hall–Kier alpha value is -1.70. The van der Waals surface area contributed by atoms with Gasteiger partial charge in [-0.3, -0.25) is 9.59 Å². The lowest BCUT2D eigenvalue weighted by Gasteiger charge is -2.31. The second kappa shape index (κ2) is 4.40. The third-order valence-electron chi connectivity index (χ3n) is 5.32. The predicted molar refractivity (Wildman–Crippen MR) is 81.4 cm³/mol. The number of hydrogen-bond acceptors (Lipinski definition) is 2. The molecule has 4 unspecified atom stereocenters. The zero-order valence-electron chi connectivity index (χ0n) is 12.5. The second-order valence-corrected chi connectivity index (χ2v) is 7.21. The van der Waals surface area contributed by atoms with E-state index in [2.05, 4.69) is 26.0 Å². The van der Waals surface area contributed by atoms with Crippen LogP contribution < -0.4 is 0 Å². The lowest BCUT2D eigenvalue weighted by Crippen LogP contribution is -2.39. The zero-order valence-corrected chi connectivity index (χ0v) is 12.5. The molecule has 0 saturated heterocycles. The standard InChI is InChI=1S/C19H20O2/c1-10(2)7-11-3-6-14-15(8-11)19(21)17-13-5-4-12(9-13)16(17)18(14)20/h3-6,8,10,12-13,16-17H,7,9H2,1-2H3. The van der Waals surface area contributed by atoms with E-state index in [0.29, 0.717) is 28.9 Å². The highest BCUT2D eigenvalue weighted by Crippen LogP contribution is 2.52. The van der Waals surface area contributed by atoms with Gasteiger partial charge in [-0.05, 0) is 42.2 Å². The fourth-order valence-corrected chi connectivity index (χ4v) is 4.50. The van der Waals surface area contributed by atoms with Gasteiger partial charge in [0.25, 0.3) is 0 Å². The molecule has 21 heavy (non-hydrogen) atoms. The highest BCUT2D eigenvalue weighted by Gasteiger charge is 2.54. The van der Waals surface area contributed by atoms with Crippen LogP contribution in [0.5, 0.6) is 0 Å². The topological polar surface area (TPSA) is 34.1 Å². The molecule has 0 aliphatic heterocycles. The first-order chi connectivity index (χ1) is 10.1. The van der Waals surface area contributed by atoms with Crippen LogP contribution in [0.4, 0.5) is 0 Å². The summed E-state index contributed by atoms with van der Waals surface area (Å²) < 4.78 is 0. The Bertz CT molecular complexity index is 668. The Balaban J connectivity index is 1.79. The maximum absolute atomic E-state index is 12.9. The van der Waals surface area contributed by atoms with E-state index in [1.165, 1.54) is 5.56 Å². The molecule has 0 heterocycles. The Labute approximate surface area is 125 Å². The van der Waals surface area contributed by atoms with Crippen LogP contribution in [0, 0.1) is 29.6 Å². The van der Waals surface area contributed by atoms with Gasteiger partial charge in [0.1, 0.15) is 0 Å². The monoisotopic (exact) mass is 280 g/mol. The van der Waals surface area contributed by atoms with Crippen molar-refractivity contribution in [3.8, 4) is 0 Å². The van der Waals surface area contributed by atoms with Gasteiger partial charge in [0.05, 0.1) is 0 Å². The van der Waals surface area contributed by atoms with E-state index >= 15 is 0 Å². The minimum Gasteiger partial charge on any atom is -0.294 e. The maximum Gasteiger partial charge on any atom is 0.168 e. The first kappa shape index (κ1) is 13.0. The summed E-state index contributed by atoms with van der Waals surface area (Å²) in [5, 5.41) is 0. The first-order valence-electron chi connectivity index (χ1n) is 7.96. The van der Waals surface area contributed by atoms with Crippen LogP contribution in [0.2, 0.25) is 0 Å². The molecule has 3 aliphatic rings. The number of ketones is 2. The zero-order chi connectivity index (χ0) is 14.7. The number of benzene rings is 1. The summed E-state index contributed by atoms with van der Waals surface area (Å²) in [6.45, 7) is 4.34. The molecule has 1 aromatic carbocycles. The van der Waals surface area contributed by atoms with Crippen LogP contribution in [0.15, 0.2) is 30.4 Å². The van der Waals surface area contributed by atoms with Gasteiger partial charge in [-0.25, -0.2) is 0 Å². The summed E-state index contributed by atoms with van der Waals surface area (Å²) in [6.07, 6.45) is 6.24. The fraction of sp³-hybridized carbons (Fsp3) is 0.474. The molecule has 1 aromatic rings. The van der Waals surface area contributed by atoms with Gasteiger partial charge in [-0.2, -0.15) is 0 Å². The fourth-order valence-electron chi connectivity index (χ4n) is 4.50. The van der Waals surface area contributed by atoms with E-state index < -0.39 is 0 Å². The molecular formula is C19H20O2. The predicted octanol–water partition coefficient (Wildman–Crippen LogP) is 3.70. The van der Waals surface area contributed by atoms with Crippen molar-refractivity contribution in [2.45, 2.75) is 26.7 Å². The molecule has 1 saturated carbocycles. The molecule has 1 fully saturated rings. The van der Waals surface area contributed by atoms with E-state index in [-0.39, 0.29) is 23.4 Å². The third kappa shape index (κ3) is 1.78. The van der Waals surface area contributed by atoms with E-state index in [1.807, 2.05) is 18.2 Å². The van der Waals surface area contributed by atoms with Crippen molar-refractivity contribution in [1.82, 2.24) is 0 Å². The second-order valence-electron chi connectivity index (χ2n) is 7.21. The molecular weight excluding hydrogens is 260 g/mol. The minimum absolute atomic E-state index is 0.0871. The number of Topliss-reactive ketones (excluding diaryl/α,β-unsaturated/α-hetero) is 2. The van der Waals surface area contributed by atoms with E-state index in [4.69, 9.17) is 0 Å². The van der Waals surface area contributed by atoms with E-state index in [1.54, 1.807) is 0 Å². The summed E-state index contributed by atoms with van der Waals surface area (Å²) in [5.74, 6) is 1.36. The van der Waals surface area contributed by atoms with Gasteiger partial charge in [0, 0.05) is 23.0 Å². The van der Waals surface area contributed by atoms with Gasteiger partial charge in [-0.15, -0.1) is 0 Å². The van der Waals surface area contributed by atoms with E-state index in [9.17, 15) is 9.59 Å². The van der Waals surface area contributed by atoms with Crippen molar-refractivity contribution in [2.75, 3.05) is 0 Å². The van der Waals surface area contributed by atoms with Crippen molar-refractivity contribution < 1.29 is 9.59 Å². The molecule has 0 spiro atoms. The molecule has 108 valence electrons. The molecule has 4 rings (SSSR count). The SMILES string of the molecule is CC(C)Cc1ccc2c(c1)C(=O)C1C3C=CC(C3)C1C2=O. The summed E-state index contributed by atoms with van der Waals surface area (Å²) in [4.78, 5) is 25.7. The van der Waals surface area contributed by atoms with Gasteiger partial charge < -0.3 is 0 Å². The quantitative estimate of drug-likeness (QED) is 0.774. The summed E-state index contributed by atoms with van der Waals surface area (Å²) in [6, 6.07) is 5.88. The van der Waals surface area contributed by atoms with Crippen LogP contribution >= 0.6 is 0 Å². The van der Waals surface area contributed by atoms with Crippen LogP contribution in [-0.4, -0.2) is 11.6 Å². The number of hydrogen-bond donors (Lipinski definition) is 0. The molecule has 0 aromatic heterocycles. The smallest absolute Gasteiger partial charge is 0.168 e. The minimum atomic E-state index is -0.0886. The van der Waals surface area contributed by atoms with Crippen molar-refractivity contribution >= 4 is 11.6 Å². The van der Waals surface area contributed by atoms with Crippen molar-refractivity contribution in [1.29, 1.82) is 0 Å². The van der Waals surface area contributed by atoms with Crippen LogP contribution in [0.25, 0.3) is 0 Å². The maximum atomic E-state index is 12.9. The molecule has 2 heteroatoms. The largest absolute Gasteiger partial charge is 0.294 e. The van der Waals surface area contributed by atoms with Crippen molar-refractivity contribution in [2.24, 2.45) is 29.6 Å². The molecule has 4 atom stereocenters.